The lowest BCUT2D eigenvalue weighted by Crippen LogP contribution is -2.52. The number of carbonyl (C=O) groups is 2. The molecule has 0 saturated heterocycles. The van der Waals surface area contributed by atoms with Crippen molar-refractivity contribution in [1.82, 2.24) is 10.2 Å². The van der Waals surface area contributed by atoms with E-state index in [1.807, 2.05) is 30.3 Å². The second-order valence-corrected chi connectivity index (χ2v) is 11.6. The molecule has 1 N–H and O–H groups in total. The molecular weight excluding hydrogens is 532 g/mol. The molecule has 0 spiro atoms. The summed E-state index contributed by atoms with van der Waals surface area (Å²) in [5.74, 6) is -0.937. The summed E-state index contributed by atoms with van der Waals surface area (Å²) in [5.41, 5.74) is 0.418. The van der Waals surface area contributed by atoms with Crippen LogP contribution in [0.15, 0.2) is 89.8 Å². The maximum absolute atomic E-state index is 13.9. The highest BCUT2D eigenvalue weighted by Gasteiger charge is 2.33. The molecule has 1 atom stereocenters. The van der Waals surface area contributed by atoms with Crippen molar-refractivity contribution in [3.63, 3.8) is 0 Å². The Balaban J connectivity index is 1.70. The van der Waals surface area contributed by atoms with E-state index in [9.17, 15) is 28.1 Å². The van der Waals surface area contributed by atoms with Crippen molar-refractivity contribution in [2.75, 3.05) is 10.8 Å². The van der Waals surface area contributed by atoms with Gasteiger partial charge in [-0.2, -0.15) is 0 Å². The summed E-state index contributed by atoms with van der Waals surface area (Å²) < 4.78 is 28.4. The highest BCUT2D eigenvalue weighted by Crippen LogP contribution is 2.27. The van der Waals surface area contributed by atoms with E-state index >= 15 is 0 Å². The van der Waals surface area contributed by atoms with Crippen molar-refractivity contribution in [3.05, 3.63) is 101 Å². The van der Waals surface area contributed by atoms with Gasteiger partial charge in [-0.05, 0) is 43.5 Å². The van der Waals surface area contributed by atoms with E-state index in [4.69, 9.17) is 0 Å². The molecule has 0 bridgehead atoms. The number of benzene rings is 3. The van der Waals surface area contributed by atoms with Crippen LogP contribution in [0.4, 0.5) is 11.4 Å². The first-order valence-electron chi connectivity index (χ1n) is 13.1. The van der Waals surface area contributed by atoms with Crippen molar-refractivity contribution < 1.29 is 22.9 Å². The largest absolute Gasteiger partial charge is 0.352 e. The third-order valence-electron chi connectivity index (χ3n) is 7.00. The Morgan fingerprint density at radius 1 is 0.975 bits per heavy atom. The van der Waals surface area contributed by atoms with Gasteiger partial charge in [0.1, 0.15) is 12.6 Å². The van der Waals surface area contributed by atoms with E-state index in [1.54, 1.807) is 25.1 Å². The molecule has 3 aromatic carbocycles. The molecule has 0 heterocycles. The van der Waals surface area contributed by atoms with E-state index in [1.165, 1.54) is 35.2 Å². The molecule has 2 amide bonds. The lowest BCUT2D eigenvalue weighted by atomic mass is 10.1. The third kappa shape index (κ3) is 6.84. The second-order valence-electron chi connectivity index (χ2n) is 9.77. The van der Waals surface area contributed by atoms with E-state index in [0.717, 1.165) is 41.6 Å². The number of nitro groups is 1. The molecule has 210 valence electrons. The van der Waals surface area contributed by atoms with E-state index in [2.05, 4.69) is 5.32 Å². The minimum absolute atomic E-state index is 0.0332. The minimum Gasteiger partial charge on any atom is -0.352 e. The van der Waals surface area contributed by atoms with E-state index in [-0.39, 0.29) is 34.8 Å². The molecule has 0 radical (unpaired) electrons. The molecule has 40 heavy (non-hydrogen) atoms. The van der Waals surface area contributed by atoms with Crippen molar-refractivity contribution in [2.24, 2.45) is 0 Å². The van der Waals surface area contributed by atoms with Crippen LogP contribution in [0.1, 0.15) is 38.2 Å². The van der Waals surface area contributed by atoms with Crippen molar-refractivity contribution in [3.8, 4) is 0 Å². The van der Waals surface area contributed by atoms with E-state index < -0.39 is 33.4 Å². The summed E-state index contributed by atoms with van der Waals surface area (Å²) in [4.78, 5) is 39.2. The number of nitrogens with one attached hydrogen (secondary N) is 1. The van der Waals surface area contributed by atoms with Crippen LogP contribution in [0.25, 0.3) is 0 Å². The number of nitrogens with zero attached hydrogens (tertiary/aromatic N) is 3. The SMILES string of the molecule is CC(C(=O)NC1CCCC1)N(Cc1ccccc1)C(=O)CN(c1cccc([N+](=O)[O-])c1)S(=O)(=O)c1ccccc1. The molecule has 11 heteroatoms. The average molecular weight is 565 g/mol. The smallest absolute Gasteiger partial charge is 0.271 e. The first-order chi connectivity index (χ1) is 19.2. The topological polar surface area (TPSA) is 130 Å². The number of amides is 2. The minimum atomic E-state index is -4.30. The molecule has 0 aliphatic heterocycles. The van der Waals surface area contributed by atoms with Gasteiger partial charge >= 0.3 is 0 Å². The van der Waals surface area contributed by atoms with Gasteiger partial charge < -0.3 is 10.2 Å². The van der Waals surface area contributed by atoms with Crippen LogP contribution in [0.3, 0.4) is 0 Å². The van der Waals surface area contributed by atoms with Gasteiger partial charge in [-0.3, -0.25) is 24.0 Å². The van der Waals surface area contributed by atoms with Gasteiger partial charge in [-0.25, -0.2) is 8.42 Å². The van der Waals surface area contributed by atoms with Crippen molar-refractivity contribution >= 4 is 33.2 Å². The molecule has 1 fully saturated rings. The molecule has 1 saturated carbocycles. The molecule has 1 unspecified atom stereocenters. The Labute approximate surface area is 233 Å². The molecule has 3 aromatic rings. The summed E-state index contributed by atoms with van der Waals surface area (Å²) in [6.45, 7) is 1.04. The maximum atomic E-state index is 13.9. The lowest BCUT2D eigenvalue weighted by molar-refractivity contribution is -0.384. The summed E-state index contributed by atoms with van der Waals surface area (Å²) in [6, 6.07) is 20.9. The number of non-ortho nitro benzene ring substituents is 1. The van der Waals surface area contributed by atoms with Crippen LogP contribution in [0.2, 0.25) is 0 Å². The van der Waals surface area contributed by atoms with Gasteiger partial charge in [0.25, 0.3) is 15.7 Å². The zero-order chi connectivity index (χ0) is 28.7. The fourth-order valence-electron chi connectivity index (χ4n) is 4.76. The van der Waals surface area contributed by atoms with Crippen LogP contribution >= 0.6 is 0 Å². The predicted octanol–water partition coefficient (Wildman–Crippen LogP) is 4.27. The van der Waals surface area contributed by atoms with Gasteiger partial charge in [-0.1, -0.05) is 67.4 Å². The zero-order valence-corrected chi connectivity index (χ0v) is 23.0. The number of anilines is 1. The summed E-state index contributed by atoms with van der Waals surface area (Å²) >= 11 is 0. The van der Waals surface area contributed by atoms with Crippen LogP contribution in [-0.2, 0) is 26.2 Å². The zero-order valence-electron chi connectivity index (χ0n) is 22.2. The molecule has 1 aliphatic carbocycles. The number of rotatable bonds is 11. The highest BCUT2D eigenvalue weighted by molar-refractivity contribution is 7.92. The highest BCUT2D eigenvalue weighted by atomic mass is 32.2. The summed E-state index contributed by atoms with van der Waals surface area (Å²) in [7, 11) is -4.30. The summed E-state index contributed by atoms with van der Waals surface area (Å²) in [5, 5.41) is 14.5. The molecule has 0 aromatic heterocycles. The Kier molecular flexibility index (Phi) is 9.15. The Bertz CT molecular complexity index is 1440. The maximum Gasteiger partial charge on any atom is 0.271 e. The van der Waals surface area contributed by atoms with Crippen LogP contribution in [0.5, 0.6) is 0 Å². The van der Waals surface area contributed by atoms with Gasteiger partial charge in [0.2, 0.25) is 11.8 Å². The first kappa shape index (κ1) is 28.8. The lowest BCUT2D eigenvalue weighted by Gasteiger charge is -2.32. The molecule has 10 nitrogen and oxygen atoms in total. The normalized spacial score (nSPS) is 14.3. The predicted molar refractivity (Wildman–Crippen MR) is 151 cm³/mol. The number of carbonyl (C=O) groups excluding carboxylic acids is 2. The van der Waals surface area contributed by atoms with Crippen molar-refractivity contribution in [2.45, 2.75) is 56.1 Å². The van der Waals surface area contributed by atoms with Gasteiger partial charge in [0.05, 0.1) is 15.5 Å². The van der Waals surface area contributed by atoms with Crippen LogP contribution < -0.4 is 9.62 Å². The second kappa shape index (κ2) is 12.7. The van der Waals surface area contributed by atoms with Crippen LogP contribution in [-0.4, -0.2) is 48.7 Å². The van der Waals surface area contributed by atoms with Crippen LogP contribution in [0, 0.1) is 10.1 Å². The molecule has 4 rings (SSSR count). The van der Waals surface area contributed by atoms with Crippen molar-refractivity contribution in [1.29, 1.82) is 0 Å². The number of sulfonamides is 1. The Morgan fingerprint density at radius 3 is 2.23 bits per heavy atom. The molecular formula is C29H32N4O6S. The Hall–Kier alpha value is -4.25. The molecule has 1 aliphatic rings. The fraction of sp³-hybridized carbons (Fsp3) is 0.310. The van der Waals surface area contributed by atoms with Gasteiger partial charge in [0.15, 0.2) is 0 Å². The first-order valence-corrected chi connectivity index (χ1v) is 14.6. The van der Waals surface area contributed by atoms with Gasteiger partial charge in [-0.15, -0.1) is 0 Å². The monoisotopic (exact) mass is 564 g/mol. The number of nitro benzene ring substituents is 1. The Morgan fingerprint density at radius 2 is 1.60 bits per heavy atom. The average Bonchev–Trinajstić information content (AvgIpc) is 3.48. The number of hydrogen-bond donors (Lipinski definition) is 1. The quantitative estimate of drug-likeness (QED) is 0.274. The van der Waals surface area contributed by atoms with Gasteiger partial charge in [0, 0.05) is 24.7 Å². The number of hydrogen-bond acceptors (Lipinski definition) is 6. The third-order valence-corrected chi connectivity index (χ3v) is 8.79. The summed E-state index contributed by atoms with van der Waals surface area (Å²) in [6.07, 6.45) is 3.81. The fourth-order valence-corrected chi connectivity index (χ4v) is 6.19. The standard InChI is InChI=1S/C29H32N4O6S/c1-22(29(35)30-24-13-8-9-14-24)31(20-23-11-4-2-5-12-23)28(34)21-32(25-15-10-16-26(19-25)33(36)37)40(38,39)27-17-6-3-7-18-27/h2-7,10-12,15-19,22,24H,8-9,13-14,20-21H2,1H3,(H,30,35). The van der Waals surface area contributed by atoms with E-state index in [0.29, 0.717) is 0 Å².